The van der Waals surface area contributed by atoms with Gasteiger partial charge in [-0.3, -0.25) is 0 Å². The summed E-state index contributed by atoms with van der Waals surface area (Å²) in [5.41, 5.74) is -1.32. The van der Waals surface area contributed by atoms with Crippen LogP contribution in [0, 0.1) is 3.57 Å². The molecule has 0 bridgehead atoms. The van der Waals surface area contributed by atoms with E-state index in [0.717, 1.165) is 6.07 Å². The molecule has 0 heterocycles. The molecular formula is C8H3ClF5IO. The molecule has 0 aliphatic rings. The molecule has 0 atom stereocenters. The molecule has 0 saturated heterocycles. The molecule has 1 rings (SSSR count). The topological polar surface area (TPSA) is 9.23 Å². The van der Waals surface area contributed by atoms with Crippen LogP contribution in [0.3, 0.4) is 0 Å². The van der Waals surface area contributed by atoms with Crippen LogP contribution < -0.4 is 4.74 Å². The fourth-order valence-corrected chi connectivity index (χ4v) is 2.14. The number of benzene rings is 1. The highest BCUT2D eigenvalue weighted by molar-refractivity contribution is 14.1. The van der Waals surface area contributed by atoms with Crippen LogP contribution in [0.15, 0.2) is 12.1 Å². The largest absolute Gasteiger partial charge is 0.433 e. The summed E-state index contributed by atoms with van der Waals surface area (Å²) in [5.74, 6) is -0.910. The zero-order valence-corrected chi connectivity index (χ0v) is 10.2. The van der Waals surface area contributed by atoms with Crippen LogP contribution in [0.25, 0.3) is 0 Å². The summed E-state index contributed by atoms with van der Waals surface area (Å²) in [5, 5.41) is -0.196. The van der Waals surface area contributed by atoms with Gasteiger partial charge in [0.15, 0.2) is 5.75 Å². The predicted molar refractivity (Wildman–Crippen MR) is 55.8 cm³/mol. The Morgan fingerprint density at radius 2 is 1.81 bits per heavy atom. The summed E-state index contributed by atoms with van der Waals surface area (Å²) in [6, 6.07) is 1.65. The molecule has 0 aliphatic heterocycles. The number of hydrogen-bond acceptors (Lipinski definition) is 1. The SMILES string of the molecule is FC(F)Oc1c(I)cc(Cl)cc1C(F)(F)F. The summed E-state index contributed by atoms with van der Waals surface area (Å²) in [4.78, 5) is 0. The van der Waals surface area contributed by atoms with Gasteiger partial charge in [-0.2, -0.15) is 22.0 Å². The van der Waals surface area contributed by atoms with Crippen molar-refractivity contribution in [1.29, 1.82) is 0 Å². The van der Waals surface area contributed by atoms with E-state index in [0.29, 0.717) is 6.07 Å². The van der Waals surface area contributed by atoms with Crippen LogP contribution in [-0.4, -0.2) is 6.61 Å². The maximum absolute atomic E-state index is 12.5. The normalized spacial score (nSPS) is 12.0. The lowest BCUT2D eigenvalue weighted by Gasteiger charge is -2.15. The highest BCUT2D eigenvalue weighted by Gasteiger charge is 2.36. The molecule has 1 nitrogen and oxygen atoms in total. The molecular weight excluding hydrogens is 369 g/mol. The van der Waals surface area contributed by atoms with Gasteiger partial charge in [0.25, 0.3) is 0 Å². The predicted octanol–water partition coefficient (Wildman–Crippen LogP) is 4.56. The first-order chi connectivity index (χ1) is 7.21. The molecule has 1 aromatic rings. The Hall–Kier alpha value is -0.310. The molecule has 0 radical (unpaired) electrons. The molecule has 0 N–H and O–H groups in total. The van der Waals surface area contributed by atoms with Gasteiger partial charge in [0, 0.05) is 5.02 Å². The van der Waals surface area contributed by atoms with Crippen molar-refractivity contribution in [2.75, 3.05) is 0 Å². The summed E-state index contributed by atoms with van der Waals surface area (Å²) in [6.45, 7) is -3.32. The van der Waals surface area contributed by atoms with E-state index in [1.54, 1.807) is 0 Å². The minimum atomic E-state index is -4.80. The van der Waals surface area contributed by atoms with E-state index in [2.05, 4.69) is 4.74 Å². The maximum Gasteiger partial charge on any atom is 0.420 e. The summed E-state index contributed by atoms with van der Waals surface area (Å²) >= 11 is 6.86. The third-order valence-corrected chi connectivity index (χ3v) is 2.54. The van der Waals surface area contributed by atoms with E-state index >= 15 is 0 Å². The van der Waals surface area contributed by atoms with Gasteiger partial charge in [0.05, 0.1) is 3.57 Å². The average molecular weight is 372 g/mol. The minimum Gasteiger partial charge on any atom is -0.433 e. The van der Waals surface area contributed by atoms with Crippen molar-refractivity contribution in [1.82, 2.24) is 0 Å². The van der Waals surface area contributed by atoms with Crippen molar-refractivity contribution in [3.05, 3.63) is 26.3 Å². The van der Waals surface area contributed by atoms with Crippen LogP contribution in [0.2, 0.25) is 5.02 Å². The van der Waals surface area contributed by atoms with E-state index in [1.807, 2.05) is 0 Å². The van der Waals surface area contributed by atoms with Gasteiger partial charge >= 0.3 is 12.8 Å². The Bertz CT molecular complexity index is 393. The molecule has 0 fully saturated rings. The van der Waals surface area contributed by atoms with Gasteiger partial charge < -0.3 is 4.74 Å². The second-order valence-electron chi connectivity index (χ2n) is 2.64. The molecule has 0 saturated carbocycles. The maximum atomic E-state index is 12.5. The van der Waals surface area contributed by atoms with E-state index < -0.39 is 24.1 Å². The van der Waals surface area contributed by atoms with Crippen molar-refractivity contribution < 1.29 is 26.7 Å². The zero-order valence-electron chi connectivity index (χ0n) is 7.29. The van der Waals surface area contributed by atoms with E-state index in [4.69, 9.17) is 11.6 Å². The van der Waals surface area contributed by atoms with E-state index in [1.165, 1.54) is 22.6 Å². The quantitative estimate of drug-likeness (QED) is 0.546. The fraction of sp³-hybridized carbons (Fsp3) is 0.250. The molecule has 0 amide bonds. The monoisotopic (exact) mass is 372 g/mol. The Labute approximate surface area is 106 Å². The number of halogens is 7. The first-order valence-electron chi connectivity index (χ1n) is 3.73. The molecule has 16 heavy (non-hydrogen) atoms. The smallest absolute Gasteiger partial charge is 0.420 e. The van der Waals surface area contributed by atoms with Gasteiger partial charge in [0.1, 0.15) is 5.56 Å². The second-order valence-corrected chi connectivity index (χ2v) is 4.24. The summed E-state index contributed by atoms with van der Waals surface area (Å²) in [7, 11) is 0. The molecule has 8 heteroatoms. The Morgan fingerprint density at radius 1 is 1.25 bits per heavy atom. The minimum absolute atomic E-state index is 0.127. The first kappa shape index (κ1) is 13.8. The highest BCUT2D eigenvalue weighted by Crippen LogP contribution is 2.41. The number of alkyl halides is 5. The molecule has 0 aromatic heterocycles. The summed E-state index contributed by atoms with van der Waals surface area (Å²) < 4.78 is 65.0. The van der Waals surface area contributed by atoms with Crippen LogP contribution >= 0.6 is 34.2 Å². The van der Waals surface area contributed by atoms with E-state index in [9.17, 15) is 22.0 Å². The van der Waals surface area contributed by atoms with Crippen LogP contribution in [-0.2, 0) is 6.18 Å². The van der Waals surface area contributed by atoms with Gasteiger partial charge in [-0.05, 0) is 34.7 Å². The van der Waals surface area contributed by atoms with Gasteiger partial charge in [-0.15, -0.1) is 0 Å². The number of hydrogen-bond donors (Lipinski definition) is 0. The van der Waals surface area contributed by atoms with Crippen molar-refractivity contribution in [2.45, 2.75) is 12.8 Å². The fourth-order valence-electron chi connectivity index (χ4n) is 0.980. The van der Waals surface area contributed by atoms with Crippen LogP contribution in [0.5, 0.6) is 5.75 Å². The molecule has 1 aromatic carbocycles. The van der Waals surface area contributed by atoms with Crippen molar-refractivity contribution in [3.8, 4) is 5.75 Å². The Kier molecular flexibility index (Phi) is 4.22. The lowest BCUT2D eigenvalue weighted by atomic mass is 10.2. The Balaban J connectivity index is 3.33. The number of ether oxygens (including phenoxy) is 1. The number of rotatable bonds is 2. The van der Waals surface area contributed by atoms with Crippen LogP contribution in [0.4, 0.5) is 22.0 Å². The molecule has 0 aliphatic carbocycles. The lowest BCUT2D eigenvalue weighted by molar-refractivity contribution is -0.142. The van der Waals surface area contributed by atoms with Gasteiger partial charge in [-0.1, -0.05) is 11.6 Å². The standard InChI is InChI=1S/C8H3ClF5IO/c9-3-1-4(8(12,13)14)6(5(15)2-3)16-7(10)11/h1-2,7H. The molecule has 0 spiro atoms. The third kappa shape index (κ3) is 3.34. The Morgan fingerprint density at radius 3 is 2.25 bits per heavy atom. The molecule has 90 valence electrons. The van der Waals surface area contributed by atoms with Gasteiger partial charge in [-0.25, -0.2) is 0 Å². The highest BCUT2D eigenvalue weighted by atomic mass is 127. The lowest BCUT2D eigenvalue weighted by Crippen LogP contribution is -2.12. The summed E-state index contributed by atoms with van der Waals surface area (Å²) in [6.07, 6.45) is -4.80. The van der Waals surface area contributed by atoms with E-state index in [-0.39, 0.29) is 8.59 Å². The first-order valence-corrected chi connectivity index (χ1v) is 5.18. The average Bonchev–Trinajstić information content (AvgIpc) is 2.06. The zero-order chi connectivity index (χ0) is 12.5. The molecule has 0 unspecified atom stereocenters. The second kappa shape index (κ2) is 4.91. The van der Waals surface area contributed by atoms with Crippen molar-refractivity contribution in [3.63, 3.8) is 0 Å². The third-order valence-electron chi connectivity index (χ3n) is 1.52. The van der Waals surface area contributed by atoms with Gasteiger partial charge in [0.2, 0.25) is 0 Å². The van der Waals surface area contributed by atoms with Crippen molar-refractivity contribution in [2.24, 2.45) is 0 Å². The van der Waals surface area contributed by atoms with Crippen molar-refractivity contribution >= 4 is 34.2 Å². The van der Waals surface area contributed by atoms with Crippen LogP contribution in [0.1, 0.15) is 5.56 Å².